The zero-order valence-electron chi connectivity index (χ0n) is 16.8. The summed E-state index contributed by atoms with van der Waals surface area (Å²) >= 11 is 0. The minimum Gasteiger partial charge on any atom is -0.511 e. The number of rotatable bonds is 2. The van der Waals surface area contributed by atoms with E-state index in [0.717, 1.165) is 34.2 Å². The lowest BCUT2D eigenvalue weighted by molar-refractivity contribution is -0.118. The summed E-state index contributed by atoms with van der Waals surface area (Å²) in [6.07, 6.45) is 0.407. The standard InChI is InChI=1S/C25H23NO3/c1-12-8-13(2)19(14(3)9-12)21-23(27)20-18-10-17(25(29-18)22(20)24(21)28)16-6-4-15(11-26)5-7-16/h4-9,17-18,20,22,25,28H,10H2,1-3H3/t17?,18-,20-,22+,25+/m0/s1. The fourth-order valence-corrected chi connectivity index (χ4v) is 5.81. The second-order valence-electron chi connectivity index (χ2n) is 8.66. The molecule has 29 heavy (non-hydrogen) atoms. The van der Waals surface area contributed by atoms with Crippen LogP contribution in [0.15, 0.2) is 42.2 Å². The number of aryl methyl sites for hydroxylation is 3. The number of ether oxygens (including phenoxy) is 1. The Hall–Kier alpha value is -2.90. The van der Waals surface area contributed by atoms with E-state index in [0.29, 0.717) is 11.1 Å². The van der Waals surface area contributed by atoms with Crippen molar-refractivity contribution in [2.45, 2.75) is 45.3 Å². The first-order valence-electron chi connectivity index (χ1n) is 10.1. The predicted octanol–water partition coefficient (Wildman–Crippen LogP) is 4.52. The summed E-state index contributed by atoms with van der Waals surface area (Å²) in [5, 5.41) is 20.2. The highest BCUT2D eigenvalue weighted by molar-refractivity contribution is 6.26. The minimum atomic E-state index is -0.287. The molecular weight excluding hydrogens is 362 g/mol. The van der Waals surface area contributed by atoms with Crippen molar-refractivity contribution >= 4 is 11.4 Å². The van der Waals surface area contributed by atoms with E-state index in [-0.39, 0.29) is 41.5 Å². The van der Waals surface area contributed by atoms with Crippen molar-refractivity contribution < 1.29 is 14.6 Å². The minimum absolute atomic E-state index is 0.0216. The highest BCUT2D eigenvalue weighted by Gasteiger charge is 2.62. The summed E-state index contributed by atoms with van der Waals surface area (Å²) in [6.45, 7) is 6.04. The van der Waals surface area contributed by atoms with Gasteiger partial charge in [-0.2, -0.15) is 5.26 Å². The SMILES string of the molecule is Cc1cc(C)c(C2=C(O)[C@H]3[C@@H](C2=O)[C@@H]2CC(c4ccc(C#N)cc4)[C@H]3O2)c(C)c1. The number of carbonyl (C=O) groups excluding carboxylic acids is 1. The third-order valence-electron chi connectivity index (χ3n) is 6.87. The van der Waals surface area contributed by atoms with Gasteiger partial charge in [-0.1, -0.05) is 29.8 Å². The van der Waals surface area contributed by atoms with E-state index in [9.17, 15) is 9.90 Å². The first-order valence-corrected chi connectivity index (χ1v) is 10.1. The van der Waals surface area contributed by atoms with Gasteiger partial charge in [0.15, 0.2) is 5.78 Å². The Balaban J connectivity index is 1.55. The first-order chi connectivity index (χ1) is 13.9. The van der Waals surface area contributed by atoms with Crippen LogP contribution < -0.4 is 0 Å². The summed E-state index contributed by atoms with van der Waals surface area (Å²) in [6, 6.07) is 13.8. The summed E-state index contributed by atoms with van der Waals surface area (Å²) in [4.78, 5) is 13.4. The van der Waals surface area contributed by atoms with Gasteiger partial charge in [-0.15, -0.1) is 0 Å². The zero-order valence-corrected chi connectivity index (χ0v) is 16.8. The number of ketones is 1. The lowest BCUT2D eigenvalue weighted by Crippen LogP contribution is -2.33. The summed E-state index contributed by atoms with van der Waals surface area (Å²) < 4.78 is 6.19. The molecular formula is C25H23NO3. The Bertz CT molecular complexity index is 1080. The molecule has 4 heteroatoms. The number of Topliss-reactive ketones (excluding diaryl/α,β-unsaturated/α-hetero) is 1. The third-order valence-corrected chi connectivity index (χ3v) is 6.87. The Morgan fingerprint density at radius 2 is 1.72 bits per heavy atom. The van der Waals surface area contributed by atoms with Crippen molar-refractivity contribution in [2.75, 3.05) is 0 Å². The van der Waals surface area contributed by atoms with Crippen LogP contribution in [-0.4, -0.2) is 23.1 Å². The second-order valence-corrected chi connectivity index (χ2v) is 8.66. The molecule has 146 valence electrons. The van der Waals surface area contributed by atoms with Crippen LogP contribution in [0.2, 0.25) is 0 Å². The van der Waals surface area contributed by atoms with E-state index in [1.165, 1.54) is 0 Å². The van der Waals surface area contributed by atoms with Gasteiger partial charge in [-0.25, -0.2) is 0 Å². The molecule has 2 fully saturated rings. The third kappa shape index (κ3) is 2.51. The molecule has 2 bridgehead atoms. The van der Waals surface area contributed by atoms with Gasteiger partial charge in [0, 0.05) is 5.92 Å². The van der Waals surface area contributed by atoms with E-state index in [4.69, 9.17) is 10.00 Å². The Morgan fingerprint density at radius 3 is 2.34 bits per heavy atom. The van der Waals surface area contributed by atoms with Gasteiger partial charge in [0.2, 0.25) is 0 Å². The molecule has 5 rings (SSSR count). The highest BCUT2D eigenvalue weighted by atomic mass is 16.5. The van der Waals surface area contributed by atoms with Crippen molar-refractivity contribution in [1.29, 1.82) is 5.26 Å². The lowest BCUT2D eigenvalue weighted by Gasteiger charge is -2.27. The molecule has 0 radical (unpaired) electrons. The highest BCUT2D eigenvalue weighted by Crippen LogP contribution is 2.58. The Labute approximate surface area is 170 Å². The number of hydrogen-bond donors (Lipinski definition) is 1. The predicted molar refractivity (Wildman–Crippen MR) is 109 cm³/mol. The van der Waals surface area contributed by atoms with Crippen molar-refractivity contribution in [2.24, 2.45) is 11.8 Å². The molecule has 2 aromatic rings. The van der Waals surface area contributed by atoms with Crippen molar-refractivity contribution in [1.82, 2.24) is 0 Å². The van der Waals surface area contributed by atoms with Gasteiger partial charge in [-0.3, -0.25) is 4.79 Å². The molecule has 2 aliphatic heterocycles. The summed E-state index contributed by atoms with van der Waals surface area (Å²) in [7, 11) is 0. The average molecular weight is 385 g/mol. The molecule has 2 heterocycles. The lowest BCUT2D eigenvalue weighted by atomic mass is 9.72. The fraction of sp³-hybridized carbons (Fsp3) is 0.360. The van der Waals surface area contributed by atoms with Gasteiger partial charge >= 0.3 is 0 Å². The van der Waals surface area contributed by atoms with E-state index in [1.54, 1.807) is 0 Å². The number of aliphatic hydroxyl groups excluding tert-OH is 1. The van der Waals surface area contributed by atoms with E-state index < -0.39 is 0 Å². The number of fused-ring (bicyclic) bond motifs is 5. The van der Waals surface area contributed by atoms with Crippen LogP contribution in [0.5, 0.6) is 0 Å². The quantitative estimate of drug-likeness (QED) is 0.825. The molecule has 2 saturated heterocycles. The van der Waals surface area contributed by atoms with E-state index in [1.807, 2.05) is 45.0 Å². The number of carbonyl (C=O) groups is 1. The normalized spacial score (nSPS) is 30.0. The molecule has 2 aromatic carbocycles. The number of aliphatic hydroxyl groups is 1. The summed E-state index contributed by atoms with van der Waals surface area (Å²) in [5.41, 5.74) is 6.30. The Morgan fingerprint density at radius 1 is 1.07 bits per heavy atom. The van der Waals surface area contributed by atoms with Crippen molar-refractivity contribution in [3.63, 3.8) is 0 Å². The fourth-order valence-electron chi connectivity index (χ4n) is 5.81. The second kappa shape index (κ2) is 6.30. The van der Waals surface area contributed by atoms with Crippen LogP contribution in [0.1, 0.15) is 45.7 Å². The van der Waals surface area contributed by atoms with Crippen molar-refractivity contribution in [3.8, 4) is 6.07 Å². The number of hydrogen-bond acceptors (Lipinski definition) is 4. The Kier molecular flexibility index (Phi) is 3.94. The molecule has 0 saturated carbocycles. The van der Waals surface area contributed by atoms with Gasteiger partial charge in [0.1, 0.15) is 5.76 Å². The maximum Gasteiger partial charge on any atom is 0.173 e. The van der Waals surface area contributed by atoms with Crippen LogP contribution >= 0.6 is 0 Å². The molecule has 0 aromatic heterocycles. The van der Waals surface area contributed by atoms with Gasteiger partial charge in [0.05, 0.1) is 41.2 Å². The molecule has 1 unspecified atom stereocenters. The van der Waals surface area contributed by atoms with E-state index >= 15 is 0 Å². The van der Waals surface area contributed by atoms with Crippen LogP contribution in [-0.2, 0) is 9.53 Å². The molecule has 1 N–H and O–H groups in total. The topological polar surface area (TPSA) is 70.3 Å². The zero-order chi connectivity index (χ0) is 20.4. The smallest absolute Gasteiger partial charge is 0.173 e. The molecule has 0 spiro atoms. The van der Waals surface area contributed by atoms with Crippen LogP contribution in [0.4, 0.5) is 0 Å². The summed E-state index contributed by atoms with van der Waals surface area (Å²) in [5.74, 6) is -0.223. The largest absolute Gasteiger partial charge is 0.511 e. The number of nitriles is 1. The van der Waals surface area contributed by atoms with Gasteiger partial charge < -0.3 is 9.84 Å². The van der Waals surface area contributed by atoms with Crippen molar-refractivity contribution in [3.05, 3.63) is 75.5 Å². The monoisotopic (exact) mass is 385 g/mol. The maximum absolute atomic E-state index is 13.4. The van der Waals surface area contributed by atoms with Crippen LogP contribution in [0.3, 0.4) is 0 Å². The van der Waals surface area contributed by atoms with Gasteiger partial charge in [-0.05, 0) is 61.6 Å². The van der Waals surface area contributed by atoms with Crippen LogP contribution in [0, 0.1) is 43.9 Å². The van der Waals surface area contributed by atoms with Crippen LogP contribution in [0.25, 0.3) is 5.57 Å². The molecule has 3 aliphatic rings. The first kappa shape index (κ1) is 18.1. The average Bonchev–Trinajstić information content (AvgIpc) is 3.34. The molecule has 0 amide bonds. The number of nitrogens with zero attached hydrogens (tertiary/aromatic N) is 1. The molecule has 1 aliphatic carbocycles. The number of benzene rings is 2. The molecule has 5 atom stereocenters. The van der Waals surface area contributed by atoms with E-state index in [2.05, 4.69) is 18.2 Å². The molecule has 4 nitrogen and oxygen atoms in total. The van der Waals surface area contributed by atoms with Gasteiger partial charge in [0.25, 0.3) is 0 Å². The number of allylic oxidation sites excluding steroid dienone is 1. The maximum atomic E-state index is 13.4.